The van der Waals surface area contributed by atoms with E-state index in [0.29, 0.717) is 0 Å². The molecule has 0 amide bonds. The van der Waals surface area contributed by atoms with E-state index in [2.05, 4.69) is 0 Å². The largest absolute Gasteiger partial charge is 0.366 e. The summed E-state index contributed by atoms with van der Waals surface area (Å²) in [6.45, 7) is 1.47. The molecule has 0 unspecified atom stereocenters. The number of hydrogen-bond donors (Lipinski definition) is 2. The van der Waals surface area contributed by atoms with Crippen LogP contribution in [-0.4, -0.2) is 26.2 Å². The van der Waals surface area contributed by atoms with E-state index >= 15 is 0 Å². The van der Waals surface area contributed by atoms with Gasteiger partial charge < -0.3 is 10.2 Å². The minimum atomic E-state index is -1.81. The van der Waals surface area contributed by atoms with Gasteiger partial charge in [-0.1, -0.05) is 23.2 Å². The number of rotatable bonds is 2. The molecule has 0 aromatic heterocycles. The molecule has 0 rings (SSSR count). The summed E-state index contributed by atoms with van der Waals surface area (Å²) in [5, 5.41) is 16.2. The van der Waals surface area contributed by atoms with Crippen molar-refractivity contribution in [3.63, 3.8) is 0 Å². The molecule has 0 saturated carbocycles. The van der Waals surface area contributed by atoms with Crippen LogP contribution in [0.4, 0.5) is 0 Å². The van der Waals surface area contributed by atoms with Crippen LogP contribution in [0.1, 0.15) is 6.92 Å². The second-order valence-electron chi connectivity index (χ2n) is 1.66. The van der Waals surface area contributed by atoms with Crippen molar-refractivity contribution >= 4 is 34.8 Å². The maximum Gasteiger partial charge on any atom is 0.186 e. The van der Waals surface area contributed by atoms with Gasteiger partial charge >= 0.3 is 0 Å². The highest BCUT2D eigenvalue weighted by atomic mass is 35.5. The molecule has 5 heteroatoms. The summed E-state index contributed by atoms with van der Waals surface area (Å²) < 4.78 is -1.68. The van der Waals surface area contributed by atoms with Crippen LogP contribution in [0.5, 0.6) is 0 Å². The monoisotopic (exact) mass is 192 g/mol. The van der Waals surface area contributed by atoms with Crippen LogP contribution in [0.25, 0.3) is 0 Å². The Balaban J connectivity index is 4.01. The number of halogens is 3. The van der Waals surface area contributed by atoms with Crippen LogP contribution in [0, 0.1) is 0 Å². The molecule has 0 fully saturated rings. The van der Waals surface area contributed by atoms with Crippen molar-refractivity contribution in [2.45, 2.75) is 22.9 Å². The molecule has 0 aliphatic heterocycles. The van der Waals surface area contributed by atoms with Crippen LogP contribution < -0.4 is 0 Å². The Morgan fingerprint density at radius 2 is 1.67 bits per heavy atom. The molecule has 0 radical (unpaired) electrons. The molecule has 2 nitrogen and oxygen atoms in total. The number of aliphatic hydroxyl groups is 2. The van der Waals surface area contributed by atoms with Crippen molar-refractivity contribution in [2.24, 2.45) is 0 Å². The van der Waals surface area contributed by atoms with Crippen LogP contribution in [0.15, 0.2) is 0 Å². The first kappa shape index (κ1) is 9.79. The molecule has 0 aliphatic carbocycles. The Morgan fingerprint density at radius 1 is 1.33 bits per heavy atom. The first-order valence-electron chi connectivity index (χ1n) is 2.27. The summed E-state index contributed by atoms with van der Waals surface area (Å²) in [7, 11) is 0. The predicted molar refractivity (Wildman–Crippen MR) is 38.0 cm³/mol. The summed E-state index contributed by atoms with van der Waals surface area (Å²) in [5.74, 6) is 0. The van der Waals surface area contributed by atoms with Crippen molar-refractivity contribution in [3.8, 4) is 0 Å². The van der Waals surface area contributed by atoms with E-state index in [9.17, 15) is 0 Å². The van der Waals surface area contributed by atoms with E-state index < -0.39 is 16.0 Å². The van der Waals surface area contributed by atoms with Gasteiger partial charge in [0.2, 0.25) is 0 Å². The molecule has 0 aromatic carbocycles. The lowest BCUT2D eigenvalue weighted by Gasteiger charge is -2.23. The third kappa shape index (κ3) is 2.48. The zero-order valence-electron chi connectivity index (χ0n) is 4.68. The molecule has 0 aromatic rings. The molecular formula is C4H7Cl3O2. The zero-order chi connectivity index (χ0) is 7.65. The molecular weight excluding hydrogens is 186 g/mol. The second-order valence-corrected chi connectivity index (χ2v) is 3.76. The molecule has 0 bridgehead atoms. The maximum atomic E-state index is 8.46. The van der Waals surface area contributed by atoms with E-state index in [1.807, 2.05) is 0 Å². The fourth-order valence-corrected chi connectivity index (χ4v) is 0.318. The number of alkyl halides is 3. The van der Waals surface area contributed by atoms with Crippen molar-refractivity contribution in [1.29, 1.82) is 0 Å². The Hall–Kier alpha value is 0.790. The SMILES string of the molecule is C[C@H](Cl)C(Cl)(Cl)C(O)O. The minimum Gasteiger partial charge on any atom is -0.366 e. The van der Waals surface area contributed by atoms with E-state index in [4.69, 9.17) is 45.0 Å². The van der Waals surface area contributed by atoms with E-state index in [0.717, 1.165) is 0 Å². The Morgan fingerprint density at radius 3 is 1.67 bits per heavy atom. The molecule has 0 heterocycles. The van der Waals surface area contributed by atoms with Gasteiger partial charge in [-0.3, -0.25) is 0 Å². The third-order valence-corrected chi connectivity index (χ3v) is 2.49. The van der Waals surface area contributed by atoms with E-state index in [-0.39, 0.29) is 0 Å². The Kier molecular flexibility index (Phi) is 3.55. The smallest absolute Gasteiger partial charge is 0.186 e. The van der Waals surface area contributed by atoms with E-state index in [1.54, 1.807) is 0 Å². The fourth-order valence-electron chi connectivity index (χ4n) is 0.205. The quantitative estimate of drug-likeness (QED) is 0.509. The Bertz CT molecular complexity index is 81.8. The van der Waals surface area contributed by atoms with Gasteiger partial charge in [0.25, 0.3) is 0 Å². The van der Waals surface area contributed by atoms with Gasteiger partial charge in [0.05, 0.1) is 5.38 Å². The molecule has 56 valence electrons. The van der Waals surface area contributed by atoms with Crippen molar-refractivity contribution in [1.82, 2.24) is 0 Å². The van der Waals surface area contributed by atoms with Crippen LogP contribution in [0.2, 0.25) is 0 Å². The average molecular weight is 193 g/mol. The first-order chi connectivity index (χ1) is 3.89. The van der Waals surface area contributed by atoms with Crippen molar-refractivity contribution in [2.75, 3.05) is 0 Å². The molecule has 0 aliphatic rings. The fraction of sp³-hybridized carbons (Fsp3) is 1.00. The third-order valence-electron chi connectivity index (χ3n) is 0.875. The lowest BCUT2D eigenvalue weighted by Crippen LogP contribution is -2.37. The molecule has 9 heavy (non-hydrogen) atoms. The average Bonchev–Trinajstić information content (AvgIpc) is 1.65. The molecule has 0 spiro atoms. The number of hydrogen-bond acceptors (Lipinski definition) is 2. The van der Waals surface area contributed by atoms with Gasteiger partial charge in [-0.25, -0.2) is 0 Å². The highest BCUT2D eigenvalue weighted by Gasteiger charge is 2.37. The first-order valence-corrected chi connectivity index (χ1v) is 3.46. The maximum absolute atomic E-state index is 8.46. The lowest BCUT2D eigenvalue weighted by atomic mass is 10.3. The van der Waals surface area contributed by atoms with Crippen LogP contribution >= 0.6 is 34.8 Å². The lowest BCUT2D eigenvalue weighted by molar-refractivity contribution is -0.0514. The van der Waals surface area contributed by atoms with Gasteiger partial charge in [0.15, 0.2) is 10.6 Å². The van der Waals surface area contributed by atoms with Gasteiger partial charge in [-0.2, -0.15) is 0 Å². The normalized spacial score (nSPS) is 16.3. The summed E-state index contributed by atoms with van der Waals surface area (Å²) in [4.78, 5) is 0. The molecule has 2 N–H and O–H groups in total. The van der Waals surface area contributed by atoms with Gasteiger partial charge in [0, 0.05) is 0 Å². The molecule has 1 atom stereocenters. The summed E-state index contributed by atoms with van der Waals surface area (Å²) in [5.41, 5.74) is 0. The second kappa shape index (κ2) is 3.26. The highest BCUT2D eigenvalue weighted by Crippen LogP contribution is 2.31. The van der Waals surface area contributed by atoms with E-state index in [1.165, 1.54) is 6.92 Å². The zero-order valence-corrected chi connectivity index (χ0v) is 6.95. The van der Waals surface area contributed by atoms with Crippen LogP contribution in [-0.2, 0) is 0 Å². The topological polar surface area (TPSA) is 40.5 Å². The van der Waals surface area contributed by atoms with Crippen LogP contribution in [0.3, 0.4) is 0 Å². The van der Waals surface area contributed by atoms with Crippen molar-refractivity contribution in [3.05, 3.63) is 0 Å². The van der Waals surface area contributed by atoms with Gasteiger partial charge in [0.1, 0.15) is 0 Å². The number of aliphatic hydroxyl groups excluding tert-OH is 1. The van der Waals surface area contributed by atoms with Gasteiger partial charge in [-0.05, 0) is 6.92 Å². The summed E-state index contributed by atoms with van der Waals surface area (Å²) in [6, 6.07) is 0. The standard InChI is InChI=1S/C4H7Cl3O2/c1-2(5)4(6,7)3(8)9/h2-3,8-9H,1H3/t2-/m0/s1. The summed E-state index contributed by atoms with van der Waals surface area (Å²) in [6.07, 6.45) is -1.81. The molecule has 0 saturated heterocycles. The highest BCUT2D eigenvalue weighted by molar-refractivity contribution is 6.52. The van der Waals surface area contributed by atoms with Gasteiger partial charge in [-0.15, -0.1) is 11.6 Å². The Labute approximate surface area is 68.3 Å². The summed E-state index contributed by atoms with van der Waals surface area (Å²) >= 11 is 16.1. The predicted octanol–water partition coefficient (Wildman–Crippen LogP) is 1.10. The van der Waals surface area contributed by atoms with Crippen molar-refractivity contribution < 1.29 is 10.2 Å². The minimum absolute atomic E-state index is 0.708.